The molecular weight excluding hydrogens is 398 g/mol. The van der Waals surface area contributed by atoms with Crippen molar-refractivity contribution in [3.63, 3.8) is 0 Å². The van der Waals surface area contributed by atoms with Crippen LogP contribution in [0, 0.1) is 6.92 Å². The van der Waals surface area contributed by atoms with Gasteiger partial charge in [0, 0.05) is 41.3 Å². The lowest BCUT2D eigenvalue weighted by Gasteiger charge is -2.10. The molecule has 0 saturated carbocycles. The van der Waals surface area contributed by atoms with Gasteiger partial charge < -0.3 is 24.1 Å². The molecule has 0 radical (unpaired) electrons. The first-order valence-electron chi connectivity index (χ1n) is 10.9. The van der Waals surface area contributed by atoms with Crippen LogP contribution in [0.3, 0.4) is 0 Å². The average Bonchev–Trinajstić information content (AvgIpc) is 3.09. The molecule has 1 N–H and O–H groups in total. The zero-order chi connectivity index (χ0) is 22.0. The van der Waals surface area contributed by atoms with Crippen molar-refractivity contribution in [2.45, 2.75) is 64.7 Å². The smallest absolute Gasteiger partial charge is 0.340 e. The molecule has 31 heavy (non-hydrogen) atoms. The molecule has 0 aliphatic heterocycles. The summed E-state index contributed by atoms with van der Waals surface area (Å²) in [6.45, 7) is 2.28. The Morgan fingerprint density at radius 1 is 1.03 bits per heavy atom. The van der Waals surface area contributed by atoms with Crippen molar-refractivity contribution < 1.29 is 23.5 Å². The van der Waals surface area contributed by atoms with Gasteiger partial charge in [0.1, 0.15) is 16.9 Å². The van der Waals surface area contributed by atoms with Gasteiger partial charge in [0.25, 0.3) is 0 Å². The fraction of sp³-hybridized carbons (Fsp3) is 0.458. The van der Waals surface area contributed by atoms with E-state index in [1.54, 1.807) is 6.07 Å². The summed E-state index contributed by atoms with van der Waals surface area (Å²) in [4.78, 5) is 35.3. The maximum atomic E-state index is 12.6. The van der Waals surface area contributed by atoms with Gasteiger partial charge in [-0.15, -0.1) is 0 Å². The van der Waals surface area contributed by atoms with Crippen LogP contribution in [0.1, 0.15) is 61.0 Å². The van der Waals surface area contributed by atoms with Gasteiger partial charge in [0.05, 0.1) is 12.0 Å². The lowest BCUT2D eigenvalue weighted by Crippen LogP contribution is -2.28. The third kappa shape index (κ3) is 4.50. The van der Waals surface area contributed by atoms with E-state index in [-0.39, 0.29) is 18.7 Å². The van der Waals surface area contributed by atoms with E-state index in [9.17, 15) is 19.5 Å². The SMILES string of the molecule is Cc1c(CC(=O)NCCCCCC(=O)[O-])c(=O)oc2cc3oc4c(c3cc12)CCCC4. The summed E-state index contributed by atoms with van der Waals surface area (Å²) >= 11 is 0. The van der Waals surface area contributed by atoms with Gasteiger partial charge in [0.2, 0.25) is 5.91 Å². The van der Waals surface area contributed by atoms with E-state index in [0.717, 1.165) is 53.4 Å². The van der Waals surface area contributed by atoms with E-state index in [1.807, 2.05) is 13.0 Å². The number of carbonyl (C=O) groups excluding carboxylic acids is 2. The summed E-state index contributed by atoms with van der Waals surface area (Å²) in [5.74, 6) is -0.289. The van der Waals surface area contributed by atoms with Crippen molar-refractivity contribution in [2.75, 3.05) is 6.54 Å². The van der Waals surface area contributed by atoms with Gasteiger partial charge in [-0.05, 0) is 57.1 Å². The van der Waals surface area contributed by atoms with E-state index in [0.29, 0.717) is 37.0 Å². The third-order valence-corrected chi connectivity index (χ3v) is 6.08. The maximum Gasteiger partial charge on any atom is 0.340 e. The molecule has 0 saturated heterocycles. The Morgan fingerprint density at radius 2 is 1.81 bits per heavy atom. The number of nitrogens with one attached hydrogen (secondary N) is 1. The molecule has 0 spiro atoms. The van der Waals surface area contributed by atoms with Crippen LogP contribution in [0.15, 0.2) is 25.8 Å². The number of amides is 1. The highest BCUT2D eigenvalue weighted by molar-refractivity contribution is 5.97. The number of carbonyl (C=O) groups is 2. The number of furan rings is 1. The molecule has 0 bridgehead atoms. The van der Waals surface area contributed by atoms with Crippen molar-refractivity contribution in [3.8, 4) is 0 Å². The lowest BCUT2D eigenvalue weighted by molar-refractivity contribution is -0.305. The molecule has 1 amide bonds. The first-order chi connectivity index (χ1) is 14.9. The van der Waals surface area contributed by atoms with Crippen LogP contribution in [0.2, 0.25) is 0 Å². The van der Waals surface area contributed by atoms with Crippen LogP contribution in [0.4, 0.5) is 0 Å². The Kier molecular flexibility index (Phi) is 6.11. The van der Waals surface area contributed by atoms with Crippen molar-refractivity contribution in [1.29, 1.82) is 0 Å². The van der Waals surface area contributed by atoms with Crippen molar-refractivity contribution in [3.05, 3.63) is 45.0 Å². The minimum atomic E-state index is -1.06. The number of carboxylic acid groups (broad SMARTS) is 1. The number of rotatable bonds is 8. The van der Waals surface area contributed by atoms with Crippen molar-refractivity contribution >= 4 is 33.8 Å². The molecule has 0 fully saturated rings. The number of hydrogen-bond donors (Lipinski definition) is 1. The minimum Gasteiger partial charge on any atom is -0.550 e. The molecule has 7 heteroatoms. The first-order valence-corrected chi connectivity index (χ1v) is 10.9. The number of benzene rings is 1. The normalized spacial score (nSPS) is 13.5. The van der Waals surface area contributed by atoms with Crippen LogP contribution in [0.5, 0.6) is 0 Å². The summed E-state index contributed by atoms with van der Waals surface area (Å²) in [5.41, 5.74) is 3.06. The van der Waals surface area contributed by atoms with E-state index in [2.05, 4.69) is 5.32 Å². The summed E-state index contributed by atoms with van der Waals surface area (Å²) in [6.07, 6.45) is 6.05. The highest BCUT2D eigenvalue weighted by Crippen LogP contribution is 2.35. The second-order valence-corrected chi connectivity index (χ2v) is 8.26. The van der Waals surface area contributed by atoms with Gasteiger partial charge in [0.15, 0.2) is 0 Å². The number of unbranched alkanes of at least 4 members (excludes halogenated alkanes) is 2. The quantitative estimate of drug-likeness (QED) is 0.439. The minimum absolute atomic E-state index is 0.0262. The van der Waals surface area contributed by atoms with Gasteiger partial charge in [-0.3, -0.25) is 4.79 Å². The maximum absolute atomic E-state index is 12.6. The topological polar surface area (TPSA) is 113 Å². The second kappa shape index (κ2) is 8.96. The van der Waals surface area contributed by atoms with Crippen LogP contribution < -0.4 is 16.0 Å². The zero-order valence-corrected chi connectivity index (χ0v) is 17.7. The van der Waals surface area contributed by atoms with Crippen LogP contribution in [0.25, 0.3) is 21.9 Å². The monoisotopic (exact) mass is 424 g/mol. The molecule has 1 aliphatic carbocycles. The first kappa shape index (κ1) is 21.2. The lowest BCUT2D eigenvalue weighted by atomic mass is 9.94. The Labute approximate surface area is 179 Å². The fourth-order valence-electron chi connectivity index (χ4n) is 4.37. The third-order valence-electron chi connectivity index (χ3n) is 6.08. The van der Waals surface area contributed by atoms with Gasteiger partial charge in [-0.25, -0.2) is 4.79 Å². The fourth-order valence-corrected chi connectivity index (χ4v) is 4.37. The number of carboxylic acids is 1. The molecule has 1 aliphatic rings. The van der Waals surface area contributed by atoms with Gasteiger partial charge in [-0.1, -0.05) is 6.42 Å². The predicted octanol–water partition coefficient (Wildman–Crippen LogP) is 2.70. The highest BCUT2D eigenvalue weighted by Gasteiger charge is 2.21. The number of aryl methyl sites for hydroxylation is 3. The van der Waals surface area contributed by atoms with Crippen molar-refractivity contribution in [1.82, 2.24) is 5.32 Å². The van der Waals surface area contributed by atoms with Crippen LogP contribution in [-0.2, 0) is 28.9 Å². The molecular formula is C24H26NO6-. The summed E-state index contributed by atoms with van der Waals surface area (Å²) < 4.78 is 11.5. The average molecular weight is 424 g/mol. The van der Waals surface area contributed by atoms with Gasteiger partial charge in [-0.2, -0.15) is 0 Å². The standard InChI is InChI=1S/C24H27NO6/c1-14-16-11-18-15-7-4-5-8-19(15)30-21(18)13-20(16)31-24(29)17(14)12-22(26)25-10-6-2-3-9-23(27)28/h11,13H,2-10,12H2,1H3,(H,25,26)(H,27,28)/p-1. The van der Waals surface area contributed by atoms with E-state index in [1.165, 1.54) is 5.56 Å². The number of fused-ring (bicyclic) bond motifs is 4. The molecule has 1 aromatic carbocycles. The molecule has 3 aromatic rings. The summed E-state index contributed by atoms with van der Waals surface area (Å²) in [7, 11) is 0. The van der Waals surface area contributed by atoms with Crippen LogP contribution >= 0.6 is 0 Å². The molecule has 2 aromatic heterocycles. The predicted molar refractivity (Wildman–Crippen MR) is 114 cm³/mol. The molecule has 0 unspecified atom stereocenters. The van der Waals surface area contributed by atoms with Crippen LogP contribution in [-0.4, -0.2) is 18.4 Å². The molecule has 4 rings (SSSR count). The molecule has 0 atom stereocenters. The Hall–Kier alpha value is -3.09. The Bertz CT molecular complexity index is 1200. The molecule has 7 nitrogen and oxygen atoms in total. The zero-order valence-electron chi connectivity index (χ0n) is 17.7. The van der Waals surface area contributed by atoms with E-state index in [4.69, 9.17) is 8.83 Å². The summed E-state index contributed by atoms with van der Waals surface area (Å²) in [5, 5.41) is 15.1. The van der Waals surface area contributed by atoms with Gasteiger partial charge >= 0.3 is 5.63 Å². The van der Waals surface area contributed by atoms with E-state index < -0.39 is 11.6 Å². The van der Waals surface area contributed by atoms with Crippen molar-refractivity contribution in [2.24, 2.45) is 0 Å². The number of aliphatic carboxylic acids is 1. The molecule has 2 heterocycles. The summed E-state index contributed by atoms with van der Waals surface area (Å²) in [6, 6.07) is 3.81. The molecule has 164 valence electrons. The number of hydrogen-bond acceptors (Lipinski definition) is 6. The Morgan fingerprint density at radius 3 is 2.61 bits per heavy atom. The van der Waals surface area contributed by atoms with E-state index >= 15 is 0 Å². The largest absolute Gasteiger partial charge is 0.550 e. The second-order valence-electron chi connectivity index (χ2n) is 8.26. The Balaban J connectivity index is 1.51. The highest BCUT2D eigenvalue weighted by atomic mass is 16.4.